The van der Waals surface area contributed by atoms with E-state index in [1.807, 2.05) is 24.3 Å². The smallest absolute Gasteiger partial charge is 0.355 e. The largest absolute Gasteiger partial charge is 0.692 e. The molecule has 0 atom stereocenters. The van der Waals surface area contributed by atoms with Gasteiger partial charge in [-0.15, -0.1) is 9.36 Å². The molecule has 0 amide bonds. The lowest BCUT2D eigenvalue weighted by molar-refractivity contribution is -0.667. The van der Waals surface area contributed by atoms with Crippen molar-refractivity contribution in [1.29, 1.82) is 0 Å². The highest BCUT2D eigenvalue weighted by Gasteiger charge is 2.18. The molecule has 6 heteroatoms. The monoisotopic (exact) mass is 367 g/mol. The first-order valence-corrected chi connectivity index (χ1v) is 6.77. The van der Waals surface area contributed by atoms with Gasteiger partial charge in [0.05, 0.1) is 11.8 Å². The average Bonchev–Trinajstić information content (AvgIpc) is 2.67. The molecule has 3 rings (SSSR count). The standard InChI is InChI=1S/C12H7Br2N3O/c13-9-3-1-8(2-4-9)12-15-11-7-10(14)5-6-16(11)17(12)18/h1-7H. The maximum atomic E-state index is 12.1. The van der Waals surface area contributed by atoms with Crippen LogP contribution in [-0.2, 0) is 0 Å². The Morgan fingerprint density at radius 2 is 1.78 bits per heavy atom. The Balaban J connectivity index is 2.23. The molecule has 0 saturated carbocycles. The van der Waals surface area contributed by atoms with Crippen LogP contribution < -0.4 is 4.85 Å². The van der Waals surface area contributed by atoms with E-state index in [0.717, 1.165) is 19.4 Å². The molecule has 90 valence electrons. The summed E-state index contributed by atoms with van der Waals surface area (Å²) in [5, 5.41) is 12.1. The van der Waals surface area contributed by atoms with Crippen molar-refractivity contribution in [3.63, 3.8) is 0 Å². The van der Waals surface area contributed by atoms with E-state index < -0.39 is 0 Å². The highest BCUT2D eigenvalue weighted by atomic mass is 79.9. The Bertz CT molecular complexity index is 722. The van der Waals surface area contributed by atoms with E-state index in [9.17, 15) is 5.21 Å². The number of hydrogen-bond donors (Lipinski definition) is 0. The fourth-order valence-corrected chi connectivity index (χ4v) is 2.31. The minimum absolute atomic E-state index is 0.389. The first-order valence-electron chi connectivity index (χ1n) is 5.18. The van der Waals surface area contributed by atoms with Crippen LogP contribution in [0.2, 0.25) is 0 Å². The van der Waals surface area contributed by atoms with E-state index >= 15 is 0 Å². The highest BCUT2D eigenvalue weighted by Crippen LogP contribution is 2.19. The van der Waals surface area contributed by atoms with Crippen LogP contribution in [0.1, 0.15) is 0 Å². The summed E-state index contributed by atoms with van der Waals surface area (Å²) in [6.45, 7) is 0. The molecule has 2 heterocycles. The summed E-state index contributed by atoms with van der Waals surface area (Å²) >= 11 is 6.73. The number of aromatic nitrogens is 3. The number of benzene rings is 1. The number of halogens is 2. The lowest BCUT2D eigenvalue weighted by atomic mass is 10.2. The predicted octanol–water partition coefficient (Wildman–Crippen LogP) is 3.16. The summed E-state index contributed by atoms with van der Waals surface area (Å²) in [6, 6.07) is 11.1. The second kappa shape index (κ2) is 4.37. The molecule has 0 unspecified atom stereocenters. The molecule has 0 N–H and O–H groups in total. The van der Waals surface area contributed by atoms with Crippen molar-refractivity contribution in [2.24, 2.45) is 0 Å². The maximum Gasteiger partial charge on any atom is 0.355 e. The number of rotatable bonds is 1. The van der Waals surface area contributed by atoms with Crippen LogP contribution >= 0.6 is 31.9 Å². The third-order valence-corrected chi connectivity index (χ3v) is 3.60. The van der Waals surface area contributed by atoms with Gasteiger partial charge in [0.1, 0.15) is 0 Å². The van der Waals surface area contributed by atoms with Gasteiger partial charge < -0.3 is 5.21 Å². The zero-order valence-electron chi connectivity index (χ0n) is 9.05. The zero-order valence-corrected chi connectivity index (χ0v) is 12.2. The van der Waals surface area contributed by atoms with Crippen LogP contribution in [0.3, 0.4) is 0 Å². The van der Waals surface area contributed by atoms with E-state index in [0.29, 0.717) is 11.5 Å². The second-order valence-corrected chi connectivity index (χ2v) is 5.59. The van der Waals surface area contributed by atoms with Gasteiger partial charge in [-0.1, -0.05) is 31.9 Å². The van der Waals surface area contributed by atoms with Crippen LogP contribution in [0, 0.1) is 5.21 Å². The maximum absolute atomic E-state index is 12.1. The Labute approximate surface area is 120 Å². The first kappa shape index (κ1) is 11.7. The van der Waals surface area contributed by atoms with Crippen molar-refractivity contribution in [3.05, 3.63) is 56.7 Å². The summed E-state index contributed by atoms with van der Waals surface area (Å²) in [5.74, 6) is 0.389. The number of fused-ring (bicyclic) bond motifs is 1. The van der Waals surface area contributed by atoms with Crippen molar-refractivity contribution in [1.82, 2.24) is 9.50 Å². The number of nitrogens with zero attached hydrogens (tertiary/aromatic N) is 3. The van der Waals surface area contributed by atoms with E-state index in [-0.39, 0.29) is 0 Å². The topological polar surface area (TPSA) is 44.2 Å². The third-order valence-electron chi connectivity index (χ3n) is 2.58. The van der Waals surface area contributed by atoms with Gasteiger partial charge >= 0.3 is 5.82 Å². The Morgan fingerprint density at radius 3 is 2.50 bits per heavy atom. The number of hydrogen-bond acceptors (Lipinski definition) is 2. The van der Waals surface area contributed by atoms with Crippen LogP contribution in [-0.4, -0.2) is 9.50 Å². The highest BCUT2D eigenvalue weighted by molar-refractivity contribution is 9.10. The van der Waals surface area contributed by atoms with Gasteiger partial charge in [0.15, 0.2) is 0 Å². The lowest BCUT2D eigenvalue weighted by Crippen LogP contribution is -2.34. The van der Waals surface area contributed by atoms with Gasteiger partial charge in [-0.2, -0.15) is 0 Å². The summed E-state index contributed by atoms with van der Waals surface area (Å²) in [6.07, 6.45) is 1.68. The van der Waals surface area contributed by atoms with Gasteiger partial charge in [-0.3, -0.25) is 0 Å². The van der Waals surface area contributed by atoms with Crippen molar-refractivity contribution in [2.75, 3.05) is 0 Å². The van der Waals surface area contributed by atoms with Crippen molar-refractivity contribution in [2.45, 2.75) is 0 Å². The van der Waals surface area contributed by atoms with Gasteiger partial charge in [-0.25, -0.2) is 0 Å². The molecule has 3 aromatic rings. The lowest BCUT2D eigenvalue weighted by Gasteiger charge is -2.01. The molecule has 18 heavy (non-hydrogen) atoms. The minimum Gasteiger partial charge on any atom is -0.692 e. The molecule has 4 nitrogen and oxygen atoms in total. The SMILES string of the molecule is [O-][n+]1c(-c2ccc(Br)cc2)nc2cc(Br)ccn21. The van der Waals surface area contributed by atoms with Gasteiger partial charge in [-0.05, 0) is 35.3 Å². The van der Waals surface area contributed by atoms with Crippen molar-refractivity contribution < 1.29 is 4.85 Å². The number of pyridine rings is 1. The van der Waals surface area contributed by atoms with Crippen LogP contribution in [0.4, 0.5) is 0 Å². The summed E-state index contributed by atoms with van der Waals surface area (Å²) < 4.78 is 3.32. The predicted molar refractivity (Wildman–Crippen MR) is 75.0 cm³/mol. The first-order chi connectivity index (χ1) is 8.65. The molecule has 1 aromatic carbocycles. The van der Waals surface area contributed by atoms with E-state index in [2.05, 4.69) is 36.8 Å². The minimum atomic E-state index is 0.389. The van der Waals surface area contributed by atoms with Crippen molar-refractivity contribution >= 4 is 37.5 Å². The van der Waals surface area contributed by atoms with Crippen LogP contribution in [0.15, 0.2) is 51.5 Å². The summed E-state index contributed by atoms with van der Waals surface area (Å²) in [7, 11) is 0. The van der Waals surface area contributed by atoms with E-state index in [4.69, 9.17) is 0 Å². The molecule has 0 aliphatic carbocycles. The molecular formula is C12H7Br2N3O. The summed E-state index contributed by atoms with van der Waals surface area (Å²) in [5.41, 5.74) is 1.39. The van der Waals surface area contributed by atoms with Crippen LogP contribution in [0.25, 0.3) is 17.0 Å². The molecule has 0 aliphatic rings. The molecular weight excluding hydrogens is 362 g/mol. The Kier molecular flexibility index (Phi) is 2.83. The van der Waals surface area contributed by atoms with Gasteiger partial charge in [0, 0.05) is 15.0 Å². The third kappa shape index (κ3) is 1.91. The fourth-order valence-electron chi connectivity index (χ4n) is 1.72. The second-order valence-electron chi connectivity index (χ2n) is 3.76. The quantitative estimate of drug-likeness (QED) is 0.489. The average molecular weight is 369 g/mol. The molecule has 0 aliphatic heterocycles. The zero-order chi connectivity index (χ0) is 12.7. The summed E-state index contributed by atoms with van der Waals surface area (Å²) in [4.78, 5) is 5.12. The molecule has 0 fully saturated rings. The molecule has 0 saturated heterocycles. The van der Waals surface area contributed by atoms with Crippen LogP contribution in [0.5, 0.6) is 0 Å². The molecule has 2 aromatic heterocycles. The molecule has 0 spiro atoms. The normalized spacial score (nSPS) is 11.0. The van der Waals surface area contributed by atoms with Crippen molar-refractivity contribution in [3.8, 4) is 11.4 Å². The van der Waals surface area contributed by atoms with Gasteiger partial charge in [0.2, 0.25) is 0 Å². The molecule has 0 bridgehead atoms. The van der Waals surface area contributed by atoms with E-state index in [1.165, 1.54) is 4.52 Å². The Morgan fingerprint density at radius 1 is 1.06 bits per heavy atom. The van der Waals surface area contributed by atoms with Gasteiger partial charge in [0.25, 0.3) is 5.65 Å². The Hall–Kier alpha value is -1.40. The molecule has 0 radical (unpaired) electrons. The van der Waals surface area contributed by atoms with E-state index in [1.54, 1.807) is 18.3 Å². The fraction of sp³-hybridized carbons (Fsp3) is 0.